The van der Waals surface area contributed by atoms with Crippen LogP contribution in [0.3, 0.4) is 0 Å². The van der Waals surface area contributed by atoms with Crippen LogP contribution in [0.5, 0.6) is 0 Å². The summed E-state index contributed by atoms with van der Waals surface area (Å²) < 4.78 is 38.4. The highest BCUT2D eigenvalue weighted by Gasteiger charge is 2.31. The van der Waals surface area contributed by atoms with Crippen molar-refractivity contribution >= 4 is 39.2 Å². The summed E-state index contributed by atoms with van der Waals surface area (Å²) in [7, 11) is 0. The molecular weight excluding hydrogens is 346 g/mol. The fraction of sp³-hybridized carbons (Fsp3) is 0.0909. The van der Waals surface area contributed by atoms with Gasteiger partial charge in [0.15, 0.2) is 0 Å². The SMILES string of the molecule is FC(F)(F)c1ccc(Cl)c(Nc2ncc(Br)cn2)c1. The molecule has 1 aromatic carbocycles. The third-order valence-electron chi connectivity index (χ3n) is 2.16. The number of anilines is 2. The van der Waals surface area contributed by atoms with Crippen molar-refractivity contribution in [3.05, 3.63) is 45.7 Å². The monoisotopic (exact) mass is 351 g/mol. The molecular formula is C11H6BrClF3N3. The van der Waals surface area contributed by atoms with Crippen molar-refractivity contribution in [3.8, 4) is 0 Å². The lowest BCUT2D eigenvalue weighted by Crippen LogP contribution is -2.06. The van der Waals surface area contributed by atoms with Crippen LogP contribution >= 0.6 is 27.5 Å². The molecule has 0 unspecified atom stereocenters. The summed E-state index contributed by atoms with van der Waals surface area (Å²) in [6.07, 6.45) is -1.49. The predicted molar refractivity (Wildman–Crippen MR) is 69.5 cm³/mol. The normalized spacial score (nSPS) is 11.4. The summed E-state index contributed by atoms with van der Waals surface area (Å²) in [5, 5.41) is 2.79. The van der Waals surface area contributed by atoms with Crippen LogP contribution in [0.15, 0.2) is 35.1 Å². The van der Waals surface area contributed by atoms with Crippen LogP contribution in [0, 0.1) is 0 Å². The van der Waals surface area contributed by atoms with Crippen LogP contribution in [0.4, 0.5) is 24.8 Å². The van der Waals surface area contributed by atoms with Gasteiger partial charge >= 0.3 is 6.18 Å². The van der Waals surface area contributed by atoms with Gasteiger partial charge in [-0.2, -0.15) is 13.2 Å². The average Bonchev–Trinajstić information content (AvgIpc) is 2.33. The summed E-state index contributed by atoms with van der Waals surface area (Å²) in [6.45, 7) is 0. The van der Waals surface area contributed by atoms with E-state index in [1.807, 2.05) is 0 Å². The van der Waals surface area contributed by atoms with E-state index in [2.05, 4.69) is 31.2 Å². The number of aromatic nitrogens is 2. The first-order chi connectivity index (χ1) is 8.86. The molecule has 0 saturated carbocycles. The van der Waals surface area contributed by atoms with E-state index < -0.39 is 11.7 Å². The highest BCUT2D eigenvalue weighted by Crippen LogP contribution is 2.34. The molecule has 0 aliphatic rings. The van der Waals surface area contributed by atoms with Crippen LogP contribution in [0.1, 0.15) is 5.56 Å². The quantitative estimate of drug-likeness (QED) is 0.854. The maximum absolute atomic E-state index is 12.6. The van der Waals surface area contributed by atoms with E-state index in [1.165, 1.54) is 18.5 Å². The van der Waals surface area contributed by atoms with Crippen molar-refractivity contribution in [2.24, 2.45) is 0 Å². The van der Waals surface area contributed by atoms with Gasteiger partial charge in [-0.25, -0.2) is 9.97 Å². The second-order valence-corrected chi connectivity index (χ2v) is 4.87. The second-order valence-electron chi connectivity index (χ2n) is 3.54. The van der Waals surface area contributed by atoms with Crippen molar-refractivity contribution in [3.63, 3.8) is 0 Å². The molecule has 0 aliphatic heterocycles. The van der Waals surface area contributed by atoms with Gasteiger partial charge in [0.1, 0.15) is 0 Å². The lowest BCUT2D eigenvalue weighted by Gasteiger charge is -2.11. The average molecular weight is 353 g/mol. The van der Waals surface area contributed by atoms with E-state index in [4.69, 9.17) is 11.6 Å². The molecule has 0 atom stereocenters. The Morgan fingerprint density at radius 3 is 2.37 bits per heavy atom. The molecule has 1 N–H and O–H groups in total. The molecule has 1 aromatic heterocycles. The minimum atomic E-state index is -4.43. The first-order valence-corrected chi connectivity index (χ1v) is 6.14. The van der Waals surface area contributed by atoms with Gasteiger partial charge in [-0.1, -0.05) is 11.6 Å². The Bertz CT molecular complexity index is 587. The minimum Gasteiger partial charge on any atom is -0.323 e. The molecule has 0 fully saturated rings. The largest absolute Gasteiger partial charge is 0.416 e. The fourth-order valence-electron chi connectivity index (χ4n) is 1.29. The van der Waals surface area contributed by atoms with Crippen molar-refractivity contribution in [2.45, 2.75) is 6.18 Å². The molecule has 2 aromatic rings. The van der Waals surface area contributed by atoms with Gasteiger partial charge in [0.05, 0.1) is 20.7 Å². The smallest absolute Gasteiger partial charge is 0.323 e. The molecule has 100 valence electrons. The number of rotatable bonds is 2. The van der Waals surface area contributed by atoms with Crippen LogP contribution in [0.2, 0.25) is 5.02 Å². The van der Waals surface area contributed by atoms with Crippen molar-refractivity contribution in [1.82, 2.24) is 9.97 Å². The topological polar surface area (TPSA) is 37.8 Å². The summed E-state index contributed by atoms with van der Waals surface area (Å²) in [5.74, 6) is 0.157. The van der Waals surface area contributed by atoms with Crippen molar-refractivity contribution < 1.29 is 13.2 Å². The Morgan fingerprint density at radius 2 is 1.79 bits per heavy atom. The molecule has 0 saturated heterocycles. The van der Waals surface area contributed by atoms with E-state index in [0.29, 0.717) is 4.47 Å². The zero-order valence-corrected chi connectivity index (χ0v) is 11.5. The molecule has 0 aliphatic carbocycles. The van der Waals surface area contributed by atoms with Gasteiger partial charge in [-0.3, -0.25) is 0 Å². The van der Waals surface area contributed by atoms with Crippen LogP contribution < -0.4 is 5.32 Å². The Balaban J connectivity index is 2.31. The zero-order chi connectivity index (χ0) is 14.0. The molecule has 3 nitrogen and oxygen atoms in total. The van der Waals surface area contributed by atoms with Gasteiger partial charge < -0.3 is 5.32 Å². The molecule has 19 heavy (non-hydrogen) atoms. The molecule has 0 spiro atoms. The number of hydrogen-bond donors (Lipinski definition) is 1. The molecule has 8 heteroatoms. The maximum Gasteiger partial charge on any atom is 0.416 e. The lowest BCUT2D eigenvalue weighted by atomic mass is 10.2. The van der Waals surface area contributed by atoms with Gasteiger partial charge in [0.25, 0.3) is 0 Å². The van der Waals surface area contributed by atoms with Gasteiger partial charge in [-0.05, 0) is 34.1 Å². The molecule has 0 bridgehead atoms. The summed E-state index contributed by atoms with van der Waals surface area (Å²) >= 11 is 8.99. The Labute approximate surface area is 120 Å². The first-order valence-electron chi connectivity index (χ1n) is 4.97. The Hall–Kier alpha value is -1.34. The van der Waals surface area contributed by atoms with Gasteiger partial charge in [0.2, 0.25) is 5.95 Å². The number of hydrogen-bond acceptors (Lipinski definition) is 3. The summed E-state index contributed by atoms with van der Waals surface area (Å²) in [4.78, 5) is 7.80. The molecule has 0 radical (unpaired) electrons. The summed E-state index contributed by atoms with van der Waals surface area (Å²) in [5.41, 5.74) is -0.699. The third kappa shape index (κ3) is 3.57. The van der Waals surface area contributed by atoms with Crippen LogP contribution in [0.25, 0.3) is 0 Å². The van der Waals surface area contributed by atoms with E-state index in [0.717, 1.165) is 12.1 Å². The molecule has 2 rings (SSSR count). The second kappa shape index (κ2) is 5.34. The highest BCUT2D eigenvalue weighted by molar-refractivity contribution is 9.10. The Kier molecular flexibility index (Phi) is 3.96. The van der Waals surface area contributed by atoms with E-state index in [-0.39, 0.29) is 16.7 Å². The van der Waals surface area contributed by atoms with Crippen LogP contribution in [-0.4, -0.2) is 9.97 Å². The summed E-state index contributed by atoms with van der Waals surface area (Å²) in [6, 6.07) is 3.00. The molecule has 0 amide bonds. The predicted octanol–water partition coefficient (Wildman–Crippen LogP) is 4.65. The van der Waals surface area contributed by atoms with E-state index in [1.54, 1.807) is 0 Å². The Morgan fingerprint density at radius 1 is 1.16 bits per heavy atom. The maximum atomic E-state index is 12.6. The number of nitrogens with one attached hydrogen (secondary N) is 1. The number of alkyl halides is 3. The zero-order valence-electron chi connectivity index (χ0n) is 9.17. The van der Waals surface area contributed by atoms with E-state index in [9.17, 15) is 13.2 Å². The first kappa shape index (κ1) is 14.1. The van der Waals surface area contributed by atoms with Crippen LogP contribution in [-0.2, 0) is 6.18 Å². The number of nitrogens with zero attached hydrogens (tertiary/aromatic N) is 2. The van der Waals surface area contributed by atoms with Gasteiger partial charge in [0, 0.05) is 12.4 Å². The fourth-order valence-corrected chi connectivity index (χ4v) is 1.66. The number of halogens is 5. The minimum absolute atomic E-state index is 0.0961. The lowest BCUT2D eigenvalue weighted by molar-refractivity contribution is -0.137. The van der Waals surface area contributed by atoms with Gasteiger partial charge in [-0.15, -0.1) is 0 Å². The van der Waals surface area contributed by atoms with Crippen molar-refractivity contribution in [1.29, 1.82) is 0 Å². The standard InChI is InChI=1S/C11H6BrClF3N3/c12-7-4-17-10(18-5-7)19-9-3-6(11(14,15)16)1-2-8(9)13/h1-5H,(H,17,18,19). The highest BCUT2D eigenvalue weighted by atomic mass is 79.9. The van der Waals surface area contributed by atoms with E-state index >= 15 is 0 Å². The number of benzene rings is 1. The third-order valence-corrected chi connectivity index (χ3v) is 2.90. The molecule has 1 heterocycles. The van der Waals surface area contributed by atoms with Crippen molar-refractivity contribution in [2.75, 3.05) is 5.32 Å².